The molecule has 0 aliphatic heterocycles. The van der Waals surface area contributed by atoms with E-state index in [9.17, 15) is 9.00 Å². The van der Waals surface area contributed by atoms with Crippen molar-refractivity contribution in [1.82, 2.24) is 10.3 Å². The molecule has 1 aromatic carbocycles. The summed E-state index contributed by atoms with van der Waals surface area (Å²) in [5.74, 6) is 0.153. The van der Waals surface area contributed by atoms with Gasteiger partial charge in [0.05, 0.1) is 11.6 Å². The zero-order chi connectivity index (χ0) is 13.7. The van der Waals surface area contributed by atoms with Gasteiger partial charge in [-0.25, -0.2) is 4.98 Å². The monoisotopic (exact) mass is 294 g/mol. The van der Waals surface area contributed by atoms with Gasteiger partial charge in [-0.05, 0) is 5.56 Å². The zero-order valence-electron chi connectivity index (χ0n) is 10.4. The van der Waals surface area contributed by atoms with Crippen molar-refractivity contribution < 1.29 is 9.00 Å². The van der Waals surface area contributed by atoms with Crippen molar-refractivity contribution >= 4 is 28.0 Å². The maximum Gasteiger partial charge on any atom is 0.271 e. The highest BCUT2D eigenvalue weighted by Gasteiger charge is 2.17. The van der Waals surface area contributed by atoms with Crippen LogP contribution in [0.15, 0.2) is 41.2 Å². The first-order chi connectivity index (χ1) is 9.16. The molecule has 2 aromatic rings. The minimum absolute atomic E-state index is 0.236. The number of aromatic nitrogens is 1. The molecule has 6 heteroatoms. The topological polar surface area (TPSA) is 59.1 Å². The van der Waals surface area contributed by atoms with Gasteiger partial charge in [-0.1, -0.05) is 30.3 Å². The van der Waals surface area contributed by atoms with Crippen LogP contribution in [0.1, 0.15) is 22.1 Å². The lowest BCUT2D eigenvalue weighted by Crippen LogP contribution is -2.32. The summed E-state index contributed by atoms with van der Waals surface area (Å²) < 4.78 is 11.4. The van der Waals surface area contributed by atoms with Crippen molar-refractivity contribution in [2.75, 3.05) is 12.0 Å². The van der Waals surface area contributed by atoms with Gasteiger partial charge < -0.3 is 5.32 Å². The standard InChI is InChI=1S/C13H14N2O2S2/c1-19(17)8-12(10-5-3-2-4-6-10)15-13(16)11-7-18-9-14-11/h2-7,9,12H,8H2,1H3,(H,15,16)/t12-,19+/m0/s1. The highest BCUT2D eigenvalue weighted by Crippen LogP contribution is 2.14. The van der Waals surface area contributed by atoms with Gasteiger partial charge in [-0.15, -0.1) is 11.3 Å². The Labute approximate surface area is 118 Å². The largest absolute Gasteiger partial charge is 0.343 e. The first-order valence-electron chi connectivity index (χ1n) is 5.71. The van der Waals surface area contributed by atoms with Crippen molar-refractivity contribution in [3.8, 4) is 0 Å². The minimum atomic E-state index is -0.992. The van der Waals surface area contributed by atoms with Crippen LogP contribution in [0.3, 0.4) is 0 Å². The van der Waals surface area contributed by atoms with E-state index >= 15 is 0 Å². The van der Waals surface area contributed by atoms with Gasteiger partial charge in [-0.2, -0.15) is 0 Å². The van der Waals surface area contributed by atoms with Crippen LogP contribution in [0.4, 0.5) is 0 Å². The highest BCUT2D eigenvalue weighted by molar-refractivity contribution is 7.84. The second-order valence-electron chi connectivity index (χ2n) is 4.05. The number of carbonyl (C=O) groups excluding carboxylic acids is 1. The smallest absolute Gasteiger partial charge is 0.271 e. The van der Waals surface area contributed by atoms with E-state index in [1.807, 2.05) is 30.3 Å². The van der Waals surface area contributed by atoms with Crippen LogP contribution in [-0.4, -0.2) is 27.1 Å². The Morgan fingerprint density at radius 2 is 2.16 bits per heavy atom. The van der Waals surface area contributed by atoms with E-state index in [0.717, 1.165) is 5.56 Å². The van der Waals surface area contributed by atoms with E-state index in [1.165, 1.54) is 11.3 Å². The molecule has 0 radical (unpaired) electrons. The molecule has 0 aliphatic rings. The molecule has 1 amide bonds. The number of hydrogen-bond donors (Lipinski definition) is 1. The summed E-state index contributed by atoms with van der Waals surface area (Å²) in [6.07, 6.45) is 1.63. The molecule has 0 saturated heterocycles. The Bertz CT molecular complexity index is 555. The first-order valence-corrected chi connectivity index (χ1v) is 8.38. The predicted octanol–water partition coefficient (Wildman–Crippen LogP) is 1.99. The lowest BCUT2D eigenvalue weighted by atomic mass is 10.1. The maximum atomic E-state index is 12.0. The van der Waals surface area contributed by atoms with Crippen LogP contribution in [0.25, 0.3) is 0 Å². The molecule has 1 N–H and O–H groups in total. The number of benzene rings is 1. The summed E-state index contributed by atoms with van der Waals surface area (Å²) in [6, 6.07) is 9.27. The fraction of sp³-hybridized carbons (Fsp3) is 0.231. The molecular weight excluding hydrogens is 280 g/mol. The molecule has 0 saturated carbocycles. The van der Waals surface area contributed by atoms with Gasteiger partial charge in [-0.3, -0.25) is 9.00 Å². The third kappa shape index (κ3) is 3.97. The lowest BCUT2D eigenvalue weighted by molar-refractivity contribution is 0.0936. The maximum absolute atomic E-state index is 12.0. The molecule has 1 aromatic heterocycles. The van der Waals surface area contributed by atoms with E-state index in [2.05, 4.69) is 10.3 Å². The van der Waals surface area contributed by atoms with E-state index in [1.54, 1.807) is 17.1 Å². The number of hydrogen-bond acceptors (Lipinski definition) is 4. The van der Waals surface area contributed by atoms with Crippen molar-refractivity contribution in [2.45, 2.75) is 6.04 Å². The van der Waals surface area contributed by atoms with Gasteiger partial charge >= 0.3 is 0 Å². The van der Waals surface area contributed by atoms with Crippen molar-refractivity contribution in [2.24, 2.45) is 0 Å². The zero-order valence-corrected chi connectivity index (χ0v) is 12.0. The highest BCUT2D eigenvalue weighted by atomic mass is 32.2. The average molecular weight is 294 g/mol. The molecule has 2 rings (SSSR count). The Hall–Kier alpha value is -1.53. The molecule has 2 atom stereocenters. The molecule has 4 nitrogen and oxygen atoms in total. The van der Waals surface area contributed by atoms with Gasteiger partial charge in [0, 0.05) is 28.2 Å². The molecule has 0 unspecified atom stereocenters. The minimum Gasteiger partial charge on any atom is -0.343 e. The second kappa shape index (κ2) is 6.58. The summed E-state index contributed by atoms with van der Waals surface area (Å²) in [4.78, 5) is 16.0. The molecule has 100 valence electrons. The van der Waals surface area contributed by atoms with E-state index in [4.69, 9.17) is 0 Å². The average Bonchev–Trinajstić information content (AvgIpc) is 2.92. The van der Waals surface area contributed by atoms with Gasteiger partial charge in [0.25, 0.3) is 5.91 Å². The SMILES string of the molecule is C[S@@](=O)C[C@H](NC(=O)c1cscn1)c1ccccc1. The van der Waals surface area contributed by atoms with Crippen LogP contribution in [0.2, 0.25) is 0 Å². The Balaban J connectivity index is 2.15. The third-order valence-corrected chi connectivity index (χ3v) is 3.96. The number of nitrogens with one attached hydrogen (secondary N) is 1. The summed E-state index contributed by atoms with van der Waals surface area (Å²) in [5.41, 5.74) is 2.96. The van der Waals surface area contributed by atoms with Crippen molar-refractivity contribution in [3.63, 3.8) is 0 Å². The van der Waals surface area contributed by atoms with Crippen molar-refractivity contribution in [1.29, 1.82) is 0 Å². The van der Waals surface area contributed by atoms with Crippen LogP contribution in [0, 0.1) is 0 Å². The van der Waals surface area contributed by atoms with Crippen LogP contribution >= 0.6 is 11.3 Å². The predicted molar refractivity (Wildman–Crippen MR) is 77.7 cm³/mol. The number of nitrogens with zero attached hydrogens (tertiary/aromatic N) is 1. The number of rotatable bonds is 5. The second-order valence-corrected chi connectivity index (χ2v) is 6.25. The number of thiazole rings is 1. The molecule has 0 bridgehead atoms. The molecular formula is C13H14N2O2S2. The molecule has 19 heavy (non-hydrogen) atoms. The van der Waals surface area contributed by atoms with Crippen LogP contribution in [-0.2, 0) is 10.8 Å². The first kappa shape index (κ1) is 13.9. The molecule has 1 heterocycles. The normalized spacial score (nSPS) is 13.7. The van der Waals surface area contributed by atoms with Crippen LogP contribution in [0.5, 0.6) is 0 Å². The molecule has 0 spiro atoms. The van der Waals surface area contributed by atoms with E-state index in [0.29, 0.717) is 11.4 Å². The number of carbonyl (C=O) groups is 1. The van der Waals surface area contributed by atoms with Gasteiger partial charge in [0.2, 0.25) is 0 Å². The Morgan fingerprint density at radius 3 is 2.74 bits per heavy atom. The van der Waals surface area contributed by atoms with Gasteiger partial charge in [0.15, 0.2) is 0 Å². The number of amides is 1. The quantitative estimate of drug-likeness (QED) is 0.917. The van der Waals surface area contributed by atoms with E-state index in [-0.39, 0.29) is 11.9 Å². The third-order valence-electron chi connectivity index (χ3n) is 2.57. The van der Waals surface area contributed by atoms with Crippen molar-refractivity contribution in [3.05, 3.63) is 52.5 Å². The van der Waals surface area contributed by atoms with E-state index < -0.39 is 10.8 Å². The lowest BCUT2D eigenvalue weighted by Gasteiger charge is -2.17. The Kier molecular flexibility index (Phi) is 4.81. The fourth-order valence-electron chi connectivity index (χ4n) is 1.70. The summed E-state index contributed by atoms with van der Waals surface area (Å²) in [6.45, 7) is 0. The van der Waals surface area contributed by atoms with Gasteiger partial charge in [0.1, 0.15) is 5.69 Å². The Morgan fingerprint density at radius 1 is 1.42 bits per heavy atom. The summed E-state index contributed by atoms with van der Waals surface area (Å²) in [7, 11) is -0.992. The molecule has 0 aliphatic carbocycles. The summed E-state index contributed by atoms with van der Waals surface area (Å²) in [5, 5.41) is 4.57. The van der Waals surface area contributed by atoms with Crippen LogP contribution < -0.4 is 5.32 Å². The summed E-state index contributed by atoms with van der Waals surface area (Å²) >= 11 is 1.37. The fourth-order valence-corrected chi connectivity index (χ4v) is 2.98. The molecule has 0 fully saturated rings.